The summed E-state index contributed by atoms with van der Waals surface area (Å²) in [5, 5.41) is 3.69. The number of para-hydroxylation sites is 1. The monoisotopic (exact) mass is 286 g/mol. The molecule has 2 heterocycles. The molecule has 1 saturated heterocycles. The highest BCUT2D eigenvalue weighted by atomic mass is 16.4. The molecule has 1 fully saturated rings. The number of fused-ring (bicyclic) bond motifs is 1. The quantitative estimate of drug-likeness (QED) is 0.852. The van der Waals surface area contributed by atoms with Gasteiger partial charge in [-0.05, 0) is 45.1 Å². The van der Waals surface area contributed by atoms with Crippen molar-refractivity contribution in [3.63, 3.8) is 0 Å². The normalized spacial score (nSPS) is 17.0. The third-order valence-corrected chi connectivity index (χ3v) is 3.94. The highest BCUT2D eigenvalue weighted by Crippen LogP contribution is 2.13. The molecule has 5 heteroatoms. The topological polar surface area (TPSA) is 62.6 Å². The molecule has 1 N–H and O–H groups in total. The van der Waals surface area contributed by atoms with Crippen LogP contribution in [0, 0.1) is 0 Å². The standard InChI is InChI=1S/C16H18N2O3/c1-18-8-6-12(7-9-18)17-15(19)13-10-11-4-2-3-5-14(11)21-16(13)20/h2-5,10,12H,6-9H2,1H3,(H,17,19). The average molecular weight is 286 g/mol. The molecule has 1 aromatic carbocycles. The van der Waals surface area contributed by atoms with Crippen LogP contribution in [-0.4, -0.2) is 37.0 Å². The number of nitrogens with zero attached hydrogens (tertiary/aromatic N) is 1. The Morgan fingerprint density at radius 1 is 1.29 bits per heavy atom. The highest BCUT2D eigenvalue weighted by molar-refractivity contribution is 5.96. The number of carbonyl (C=O) groups is 1. The molecule has 1 amide bonds. The van der Waals surface area contributed by atoms with Crippen LogP contribution in [0.5, 0.6) is 0 Å². The van der Waals surface area contributed by atoms with Crippen LogP contribution < -0.4 is 10.9 Å². The number of nitrogens with one attached hydrogen (secondary N) is 1. The first-order valence-electron chi connectivity index (χ1n) is 7.16. The van der Waals surface area contributed by atoms with Gasteiger partial charge in [0.1, 0.15) is 11.1 Å². The van der Waals surface area contributed by atoms with Gasteiger partial charge in [-0.15, -0.1) is 0 Å². The summed E-state index contributed by atoms with van der Waals surface area (Å²) in [6.45, 7) is 1.91. The van der Waals surface area contributed by atoms with Crippen molar-refractivity contribution in [2.75, 3.05) is 20.1 Å². The van der Waals surface area contributed by atoms with Gasteiger partial charge in [0.15, 0.2) is 0 Å². The minimum absolute atomic E-state index is 0.0765. The van der Waals surface area contributed by atoms with Gasteiger partial charge in [0, 0.05) is 11.4 Å². The van der Waals surface area contributed by atoms with Crippen LogP contribution in [0.15, 0.2) is 39.5 Å². The molecule has 3 rings (SSSR count). The predicted molar refractivity (Wildman–Crippen MR) is 80.5 cm³/mol. The Morgan fingerprint density at radius 3 is 2.76 bits per heavy atom. The van der Waals surface area contributed by atoms with Crippen molar-refractivity contribution in [2.45, 2.75) is 18.9 Å². The minimum atomic E-state index is -0.584. The summed E-state index contributed by atoms with van der Waals surface area (Å²) in [5.41, 5.74) is -0.00917. The summed E-state index contributed by atoms with van der Waals surface area (Å²) >= 11 is 0. The van der Waals surface area contributed by atoms with E-state index in [-0.39, 0.29) is 17.5 Å². The van der Waals surface area contributed by atoms with Crippen molar-refractivity contribution in [2.24, 2.45) is 0 Å². The molecule has 2 aromatic rings. The Bertz CT molecular complexity index is 715. The van der Waals surface area contributed by atoms with Gasteiger partial charge in [0.05, 0.1) is 0 Å². The second-order valence-corrected chi connectivity index (χ2v) is 5.54. The highest BCUT2D eigenvalue weighted by Gasteiger charge is 2.21. The molecule has 0 aliphatic carbocycles. The maximum absolute atomic E-state index is 12.3. The summed E-state index contributed by atoms with van der Waals surface area (Å²) in [7, 11) is 2.07. The molecule has 0 radical (unpaired) electrons. The first-order valence-corrected chi connectivity index (χ1v) is 7.16. The number of hydrogen-bond acceptors (Lipinski definition) is 4. The minimum Gasteiger partial charge on any atom is -0.422 e. The zero-order valence-electron chi connectivity index (χ0n) is 12.0. The van der Waals surface area contributed by atoms with Gasteiger partial charge < -0.3 is 14.6 Å². The van der Waals surface area contributed by atoms with Crippen LogP contribution >= 0.6 is 0 Å². The molecule has 21 heavy (non-hydrogen) atoms. The Balaban J connectivity index is 1.81. The first kappa shape index (κ1) is 13.8. The third-order valence-electron chi connectivity index (χ3n) is 3.94. The average Bonchev–Trinajstić information content (AvgIpc) is 2.49. The van der Waals surface area contributed by atoms with E-state index in [4.69, 9.17) is 4.42 Å². The second kappa shape index (κ2) is 5.69. The molecule has 110 valence electrons. The number of amides is 1. The predicted octanol–water partition coefficient (Wildman–Crippen LogP) is 1.62. The van der Waals surface area contributed by atoms with E-state index in [1.54, 1.807) is 18.2 Å². The van der Waals surface area contributed by atoms with Crippen molar-refractivity contribution < 1.29 is 9.21 Å². The molecular formula is C16H18N2O3. The van der Waals surface area contributed by atoms with Gasteiger partial charge in [-0.2, -0.15) is 0 Å². The van der Waals surface area contributed by atoms with Crippen LogP contribution in [0.2, 0.25) is 0 Å². The maximum Gasteiger partial charge on any atom is 0.349 e. The van der Waals surface area contributed by atoms with Crippen LogP contribution in [0.3, 0.4) is 0 Å². The maximum atomic E-state index is 12.3. The molecule has 0 spiro atoms. The van der Waals surface area contributed by atoms with Crippen LogP contribution in [0.4, 0.5) is 0 Å². The fourth-order valence-corrected chi connectivity index (χ4v) is 2.64. The van der Waals surface area contributed by atoms with Crippen molar-refractivity contribution in [3.05, 3.63) is 46.3 Å². The lowest BCUT2D eigenvalue weighted by molar-refractivity contribution is 0.0913. The van der Waals surface area contributed by atoms with E-state index in [0.29, 0.717) is 5.58 Å². The number of carbonyl (C=O) groups excluding carboxylic acids is 1. The Hall–Kier alpha value is -2.14. The molecule has 5 nitrogen and oxygen atoms in total. The van der Waals surface area contributed by atoms with E-state index in [2.05, 4.69) is 17.3 Å². The lowest BCUT2D eigenvalue weighted by Crippen LogP contribution is -2.44. The number of likely N-dealkylation sites (tertiary alicyclic amines) is 1. The van der Waals surface area contributed by atoms with Gasteiger partial charge >= 0.3 is 5.63 Å². The van der Waals surface area contributed by atoms with Gasteiger partial charge in [-0.25, -0.2) is 4.79 Å². The molecule has 1 aliphatic rings. The molecular weight excluding hydrogens is 268 g/mol. The smallest absolute Gasteiger partial charge is 0.349 e. The summed E-state index contributed by atoms with van der Waals surface area (Å²) in [6, 6.07) is 8.91. The fraction of sp³-hybridized carbons (Fsp3) is 0.375. The van der Waals surface area contributed by atoms with E-state index < -0.39 is 5.63 Å². The number of benzene rings is 1. The lowest BCUT2D eigenvalue weighted by Gasteiger charge is -2.29. The SMILES string of the molecule is CN1CCC(NC(=O)c2cc3ccccc3oc2=O)CC1. The van der Waals surface area contributed by atoms with Crippen molar-refractivity contribution >= 4 is 16.9 Å². The molecule has 1 aromatic heterocycles. The molecule has 0 saturated carbocycles. The van der Waals surface area contributed by atoms with Crippen molar-refractivity contribution in [3.8, 4) is 0 Å². The summed E-state index contributed by atoms with van der Waals surface area (Å²) < 4.78 is 5.20. The van der Waals surface area contributed by atoms with E-state index in [1.807, 2.05) is 12.1 Å². The second-order valence-electron chi connectivity index (χ2n) is 5.54. The number of piperidine rings is 1. The van der Waals surface area contributed by atoms with Crippen LogP contribution in [0.1, 0.15) is 23.2 Å². The van der Waals surface area contributed by atoms with E-state index in [1.165, 1.54) is 0 Å². The van der Waals surface area contributed by atoms with Crippen molar-refractivity contribution in [1.29, 1.82) is 0 Å². The Morgan fingerprint density at radius 2 is 2.00 bits per heavy atom. The van der Waals surface area contributed by atoms with E-state index in [0.717, 1.165) is 31.3 Å². The van der Waals surface area contributed by atoms with Crippen molar-refractivity contribution in [1.82, 2.24) is 10.2 Å². The Labute approximate surface area is 122 Å². The molecule has 0 unspecified atom stereocenters. The van der Waals surface area contributed by atoms with Gasteiger partial charge in [0.2, 0.25) is 0 Å². The zero-order chi connectivity index (χ0) is 14.8. The Kier molecular flexibility index (Phi) is 3.75. The molecule has 1 aliphatic heterocycles. The lowest BCUT2D eigenvalue weighted by atomic mass is 10.0. The van der Waals surface area contributed by atoms with Crippen LogP contribution in [-0.2, 0) is 0 Å². The van der Waals surface area contributed by atoms with Gasteiger partial charge in [0.25, 0.3) is 5.91 Å². The van der Waals surface area contributed by atoms with E-state index >= 15 is 0 Å². The van der Waals surface area contributed by atoms with Crippen LogP contribution in [0.25, 0.3) is 11.0 Å². The summed E-state index contributed by atoms with van der Waals surface area (Å²) in [6.07, 6.45) is 1.81. The third kappa shape index (κ3) is 2.97. The summed E-state index contributed by atoms with van der Waals surface area (Å²) in [5.74, 6) is -0.343. The van der Waals surface area contributed by atoms with Gasteiger partial charge in [-0.3, -0.25) is 4.79 Å². The largest absolute Gasteiger partial charge is 0.422 e. The van der Waals surface area contributed by atoms with E-state index in [9.17, 15) is 9.59 Å². The number of hydrogen-bond donors (Lipinski definition) is 1. The van der Waals surface area contributed by atoms with Gasteiger partial charge in [-0.1, -0.05) is 18.2 Å². The molecule has 0 atom stereocenters. The molecule has 0 bridgehead atoms. The first-order chi connectivity index (χ1) is 10.1. The number of rotatable bonds is 2. The fourth-order valence-electron chi connectivity index (χ4n) is 2.64. The zero-order valence-corrected chi connectivity index (χ0v) is 12.0. The summed E-state index contributed by atoms with van der Waals surface area (Å²) in [4.78, 5) is 26.4.